The lowest BCUT2D eigenvalue weighted by Gasteiger charge is -2.21. The standard InChI is InChI=1S/C9H15N3O2/c1-7(12-6-4-5-11-12)8(10-2)9(13)14-3/h4-8,10H,1-3H3. The zero-order valence-electron chi connectivity index (χ0n) is 8.60. The molecule has 0 spiro atoms. The van der Waals surface area contributed by atoms with Crippen molar-refractivity contribution < 1.29 is 9.53 Å². The fraction of sp³-hybridized carbons (Fsp3) is 0.556. The van der Waals surface area contributed by atoms with Crippen LogP contribution in [0.5, 0.6) is 0 Å². The predicted octanol–water partition coefficient (Wildman–Crippen LogP) is 0.205. The Morgan fingerprint density at radius 1 is 1.64 bits per heavy atom. The molecule has 5 heteroatoms. The van der Waals surface area contributed by atoms with Gasteiger partial charge in [-0.3, -0.25) is 9.48 Å². The average molecular weight is 197 g/mol. The second kappa shape index (κ2) is 4.76. The molecule has 1 N–H and O–H groups in total. The van der Waals surface area contributed by atoms with E-state index < -0.39 is 0 Å². The van der Waals surface area contributed by atoms with Crippen LogP contribution < -0.4 is 5.32 Å². The minimum atomic E-state index is -0.375. The smallest absolute Gasteiger partial charge is 0.325 e. The van der Waals surface area contributed by atoms with Gasteiger partial charge in [0.05, 0.1) is 13.2 Å². The van der Waals surface area contributed by atoms with Crippen LogP contribution in [0.2, 0.25) is 0 Å². The van der Waals surface area contributed by atoms with E-state index in [1.807, 2.05) is 19.2 Å². The molecule has 0 bridgehead atoms. The third-order valence-corrected chi connectivity index (χ3v) is 2.19. The van der Waals surface area contributed by atoms with Gasteiger partial charge in [-0.1, -0.05) is 0 Å². The molecule has 0 saturated heterocycles. The molecule has 0 radical (unpaired) electrons. The fourth-order valence-corrected chi connectivity index (χ4v) is 1.36. The maximum Gasteiger partial charge on any atom is 0.325 e. The molecular weight excluding hydrogens is 182 g/mol. The van der Waals surface area contributed by atoms with Crippen molar-refractivity contribution in [3.63, 3.8) is 0 Å². The van der Waals surface area contributed by atoms with E-state index in [2.05, 4.69) is 15.2 Å². The van der Waals surface area contributed by atoms with Crippen LogP contribution in [0.4, 0.5) is 0 Å². The number of likely N-dealkylation sites (N-methyl/N-ethyl adjacent to an activating group) is 1. The first-order chi connectivity index (χ1) is 6.70. The highest BCUT2D eigenvalue weighted by Crippen LogP contribution is 2.10. The summed E-state index contributed by atoms with van der Waals surface area (Å²) in [6.07, 6.45) is 3.50. The number of esters is 1. The molecule has 1 heterocycles. The number of hydrogen-bond donors (Lipinski definition) is 1. The Hall–Kier alpha value is -1.36. The summed E-state index contributed by atoms with van der Waals surface area (Å²) in [6.45, 7) is 1.91. The summed E-state index contributed by atoms with van der Waals surface area (Å²) in [5.41, 5.74) is 0. The fourth-order valence-electron chi connectivity index (χ4n) is 1.36. The maximum absolute atomic E-state index is 11.4. The summed E-state index contributed by atoms with van der Waals surface area (Å²) in [7, 11) is 3.10. The Bertz CT molecular complexity index is 284. The number of ether oxygens (including phenoxy) is 1. The molecule has 2 atom stereocenters. The highest BCUT2D eigenvalue weighted by molar-refractivity contribution is 5.76. The number of methoxy groups -OCH3 is 1. The van der Waals surface area contributed by atoms with Crippen LogP contribution in [0, 0.1) is 0 Å². The van der Waals surface area contributed by atoms with Crippen LogP contribution >= 0.6 is 0 Å². The molecule has 0 fully saturated rings. The van der Waals surface area contributed by atoms with E-state index in [9.17, 15) is 4.79 Å². The van der Waals surface area contributed by atoms with Gasteiger partial charge in [-0.15, -0.1) is 0 Å². The van der Waals surface area contributed by atoms with Gasteiger partial charge in [-0.25, -0.2) is 0 Å². The third kappa shape index (κ3) is 2.11. The van der Waals surface area contributed by atoms with Gasteiger partial charge in [0, 0.05) is 12.4 Å². The van der Waals surface area contributed by atoms with Crippen LogP contribution in [0.15, 0.2) is 18.5 Å². The van der Waals surface area contributed by atoms with Crippen molar-refractivity contribution in [1.29, 1.82) is 0 Å². The average Bonchev–Trinajstić information content (AvgIpc) is 2.71. The molecule has 0 aromatic carbocycles. The van der Waals surface area contributed by atoms with E-state index in [-0.39, 0.29) is 18.1 Å². The summed E-state index contributed by atoms with van der Waals surface area (Å²) in [5, 5.41) is 6.98. The molecule has 1 aromatic rings. The van der Waals surface area contributed by atoms with Gasteiger partial charge in [0.2, 0.25) is 0 Å². The molecule has 14 heavy (non-hydrogen) atoms. The van der Waals surface area contributed by atoms with E-state index in [4.69, 9.17) is 0 Å². The number of nitrogens with one attached hydrogen (secondary N) is 1. The molecule has 5 nitrogen and oxygen atoms in total. The molecule has 1 rings (SSSR count). The maximum atomic E-state index is 11.4. The Balaban J connectivity index is 2.75. The molecule has 0 amide bonds. The van der Waals surface area contributed by atoms with Gasteiger partial charge in [0.25, 0.3) is 0 Å². The molecule has 2 unspecified atom stereocenters. The van der Waals surface area contributed by atoms with E-state index in [1.54, 1.807) is 17.9 Å². The van der Waals surface area contributed by atoms with E-state index in [1.165, 1.54) is 7.11 Å². The molecule has 1 aromatic heterocycles. The van der Waals surface area contributed by atoms with Crippen LogP contribution in [0.25, 0.3) is 0 Å². The zero-order valence-corrected chi connectivity index (χ0v) is 8.60. The number of carbonyl (C=O) groups is 1. The Labute approximate surface area is 83.1 Å². The molecule has 0 aliphatic rings. The lowest BCUT2D eigenvalue weighted by molar-refractivity contribution is -0.144. The van der Waals surface area contributed by atoms with Gasteiger partial charge in [0.15, 0.2) is 0 Å². The highest BCUT2D eigenvalue weighted by atomic mass is 16.5. The molecular formula is C9H15N3O2. The molecule has 0 saturated carbocycles. The second-order valence-corrected chi connectivity index (χ2v) is 3.02. The van der Waals surface area contributed by atoms with E-state index in [0.29, 0.717) is 0 Å². The molecule has 0 aliphatic heterocycles. The van der Waals surface area contributed by atoms with Crippen molar-refractivity contribution in [1.82, 2.24) is 15.1 Å². The topological polar surface area (TPSA) is 56.1 Å². The van der Waals surface area contributed by atoms with Gasteiger partial charge in [0.1, 0.15) is 6.04 Å². The van der Waals surface area contributed by atoms with E-state index >= 15 is 0 Å². The minimum Gasteiger partial charge on any atom is -0.468 e. The molecule has 78 valence electrons. The van der Waals surface area contributed by atoms with Gasteiger partial charge >= 0.3 is 5.97 Å². The Morgan fingerprint density at radius 3 is 2.79 bits per heavy atom. The number of nitrogens with zero attached hydrogens (tertiary/aromatic N) is 2. The third-order valence-electron chi connectivity index (χ3n) is 2.19. The monoisotopic (exact) mass is 197 g/mol. The summed E-state index contributed by atoms with van der Waals surface area (Å²) in [6, 6.07) is 1.38. The lowest BCUT2D eigenvalue weighted by Crippen LogP contribution is -2.41. The highest BCUT2D eigenvalue weighted by Gasteiger charge is 2.25. The normalized spacial score (nSPS) is 14.8. The first-order valence-electron chi connectivity index (χ1n) is 4.45. The Morgan fingerprint density at radius 2 is 2.36 bits per heavy atom. The largest absolute Gasteiger partial charge is 0.468 e. The van der Waals surface area contributed by atoms with Crippen molar-refractivity contribution >= 4 is 5.97 Å². The van der Waals surface area contributed by atoms with Gasteiger partial charge in [-0.05, 0) is 20.0 Å². The van der Waals surface area contributed by atoms with Gasteiger partial charge < -0.3 is 10.1 Å². The first kappa shape index (κ1) is 10.7. The van der Waals surface area contributed by atoms with Crippen molar-refractivity contribution in [2.45, 2.75) is 19.0 Å². The SMILES string of the molecule is CNC(C(=O)OC)C(C)n1cccn1. The summed E-state index contributed by atoms with van der Waals surface area (Å²) in [5.74, 6) is -0.282. The van der Waals surface area contributed by atoms with Crippen molar-refractivity contribution in [3.05, 3.63) is 18.5 Å². The van der Waals surface area contributed by atoms with E-state index in [0.717, 1.165) is 0 Å². The van der Waals surface area contributed by atoms with Crippen LogP contribution in [0.3, 0.4) is 0 Å². The van der Waals surface area contributed by atoms with Crippen molar-refractivity contribution in [2.75, 3.05) is 14.2 Å². The second-order valence-electron chi connectivity index (χ2n) is 3.02. The minimum absolute atomic E-state index is 0.0672. The zero-order chi connectivity index (χ0) is 10.6. The number of rotatable bonds is 4. The summed E-state index contributed by atoms with van der Waals surface area (Å²) >= 11 is 0. The number of hydrogen-bond acceptors (Lipinski definition) is 4. The van der Waals surface area contributed by atoms with Crippen LogP contribution in [-0.4, -0.2) is 35.9 Å². The van der Waals surface area contributed by atoms with Crippen LogP contribution in [-0.2, 0) is 9.53 Å². The van der Waals surface area contributed by atoms with Crippen molar-refractivity contribution in [3.8, 4) is 0 Å². The Kier molecular flexibility index (Phi) is 3.64. The van der Waals surface area contributed by atoms with Gasteiger partial charge in [-0.2, -0.15) is 5.10 Å². The van der Waals surface area contributed by atoms with Crippen LogP contribution in [0.1, 0.15) is 13.0 Å². The predicted molar refractivity (Wildman–Crippen MR) is 51.8 cm³/mol. The van der Waals surface area contributed by atoms with Crippen molar-refractivity contribution in [2.24, 2.45) is 0 Å². The summed E-state index contributed by atoms with van der Waals surface area (Å²) in [4.78, 5) is 11.4. The molecule has 0 aliphatic carbocycles. The summed E-state index contributed by atoms with van der Waals surface area (Å²) < 4.78 is 6.40. The first-order valence-corrected chi connectivity index (χ1v) is 4.45. The number of carbonyl (C=O) groups excluding carboxylic acids is 1. The number of aromatic nitrogens is 2. The lowest BCUT2D eigenvalue weighted by atomic mass is 10.1. The quantitative estimate of drug-likeness (QED) is 0.701.